The molecule has 0 bridgehead atoms. The van der Waals surface area contributed by atoms with E-state index < -0.39 is 5.97 Å². The summed E-state index contributed by atoms with van der Waals surface area (Å²) in [5.41, 5.74) is 2.11. The summed E-state index contributed by atoms with van der Waals surface area (Å²) in [5.74, 6) is -0.922. The van der Waals surface area contributed by atoms with Crippen molar-refractivity contribution in [3.63, 3.8) is 0 Å². The SMILES string of the molecule is O=C(O)C1CCN(Cc2cnn(-c3ccc(Br)cc3)c2)C1. The highest BCUT2D eigenvalue weighted by atomic mass is 79.9. The Morgan fingerprint density at radius 3 is 2.81 bits per heavy atom. The van der Waals surface area contributed by atoms with Crippen LogP contribution in [0.4, 0.5) is 0 Å². The number of carboxylic acid groups (broad SMARTS) is 1. The topological polar surface area (TPSA) is 58.4 Å². The van der Waals surface area contributed by atoms with E-state index in [1.54, 1.807) is 0 Å². The van der Waals surface area contributed by atoms with Crippen LogP contribution < -0.4 is 0 Å². The van der Waals surface area contributed by atoms with Gasteiger partial charge in [0.05, 0.1) is 17.8 Å². The minimum atomic E-state index is -0.692. The van der Waals surface area contributed by atoms with Crippen LogP contribution in [0.2, 0.25) is 0 Å². The molecule has 1 aliphatic rings. The Labute approximate surface area is 131 Å². The van der Waals surface area contributed by atoms with Gasteiger partial charge in [0.25, 0.3) is 0 Å². The molecular formula is C15H16BrN3O2. The molecule has 1 aromatic heterocycles. The number of hydrogen-bond acceptors (Lipinski definition) is 3. The first-order valence-electron chi connectivity index (χ1n) is 6.86. The molecule has 0 amide bonds. The van der Waals surface area contributed by atoms with Crippen LogP contribution in [0.1, 0.15) is 12.0 Å². The molecule has 21 heavy (non-hydrogen) atoms. The second-order valence-corrected chi connectivity index (χ2v) is 6.24. The number of aliphatic carboxylic acids is 1. The van der Waals surface area contributed by atoms with E-state index in [4.69, 9.17) is 5.11 Å². The number of halogens is 1. The molecule has 0 aliphatic carbocycles. The standard InChI is InChI=1S/C15H16BrN3O2/c16-13-1-3-14(4-2-13)19-9-11(7-17-19)8-18-6-5-12(10-18)15(20)21/h1-4,7,9,12H,5-6,8,10H2,(H,20,21). The lowest BCUT2D eigenvalue weighted by molar-refractivity contribution is -0.141. The van der Waals surface area contributed by atoms with Crippen molar-refractivity contribution in [3.05, 3.63) is 46.7 Å². The van der Waals surface area contributed by atoms with E-state index in [-0.39, 0.29) is 5.92 Å². The lowest BCUT2D eigenvalue weighted by Gasteiger charge is -2.13. The number of benzene rings is 1. The third-order valence-electron chi connectivity index (χ3n) is 3.76. The van der Waals surface area contributed by atoms with Crippen LogP contribution in [0, 0.1) is 5.92 Å². The minimum absolute atomic E-state index is 0.230. The number of carboxylic acids is 1. The molecule has 5 nitrogen and oxygen atoms in total. The maximum Gasteiger partial charge on any atom is 0.307 e. The van der Waals surface area contributed by atoms with Gasteiger partial charge < -0.3 is 5.11 Å². The Morgan fingerprint density at radius 2 is 2.14 bits per heavy atom. The molecular weight excluding hydrogens is 334 g/mol. The number of hydrogen-bond donors (Lipinski definition) is 1. The van der Waals surface area contributed by atoms with E-state index in [0.29, 0.717) is 6.54 Å². The molecule has 1 atom stereocenters. The van der Waals surface area contributed by atoms with Gasteiger partial charge >= 0.3 is 5.97 Å². The van der Waals surface area contributed by atoms with Crippen molar-refractivity contribution in [2.75, 3.05) is 13.1 Å². The number of rotatable bonds is 4. The van der Waals surface area contributed by atoms with Crippen molar-refractivity contribution in [3.8, 4) is 5.69 Å². The van der Waals surface area contributed by atoms with Gasteiger partial charge in [0.15, 0.2) is 0 Å². The van der Waals surface area contributed by atoms with Gasteiger partial charge in [0.2, 0.25) is 0 Å². The summed E-state index contributed by atoms with van der Waals surface area (Å²) in [6, 6.07) is 7.96. The predicted octanol–water partition coefficient (Wildman–Crippen LogP) is 2.54. The fourth-order valence-electron chi connectivity index (χ4n) is 2.61. The first-order valence-corrected chi connectivity index (χ1v) is 7.66. The number of nitrogens with zero attached hydrogens (tertiary/aromatic N) is 3. The summed E-state index contributed by atoms with van der Waals surface area (Å²) in [6.45, 7) is 2.21. The fourth-order valence-corrected chi connectivity index (χ4v) is 2.88. The van der Waals surface area contributed by atoms with Crippen molar-refractivity contribution < 1.29 is 9.90 Å². The highest BCUT2D eigenvalue weighted by Crippen LogP contribution is 2.19. The van der Waals surface area contributed by atoms with E-state index in [2.05, 4.69) is 25.9 Å². The van der Waals surface area contributed by atoms with Gasteiger partial charge in [-0.3, -0.25) is 9.69 Å². The van der Waals surface area contributed by atoms with Crippen LogP contribution >= 0.6 is 15.9 Å². The second-order valence-electron chi connectivity index (χ2n) is 5.33. The maximum atomic E-state index is 11.0. The molecule has 1 aromatic carbocycles. The Balaban J connectivity index is 1.66. The number of aromatic nitrogens is 2. The van der Waals surface area contributed by atoms with Crippen molar-refractivity contribution in [2.24, 2.45) is 5.92 Å². The summed E-state index contributed by atoms with van der Waals surface area (Å²) < 4.78 is 2.88. The molecule has 110 valence electrons. The van der Waals surface area contributed by atoms with Crippen LogP contribution in [0.15, 0.2) is 41.1 Å². The maximum absolute atomic E-state index is 11.0. The van der Waals surface area contributed by atoms with Crippen molar-refractivity contribution >= 4 is 21.9 Å². The van der Waals surface area contributed by atoms with E-state index >= 15 is 0 Å². The van der Waals surface area contributed by atoms with E-state index in [0.717, 1.165) is 35.2 Å². The van der Waals surface area contributed by atoms with Gasteiger partial charge in [-0.25, -0.2) is 4.68 Å². The van der Waals surface area contributed by atoms with Crippen LogP contribution in [-0.2, 0) is 11.3 Å². The average Bonchev–Trinajstić information content (AvgIpc) is 3.10. The second kappa shape index (κ2) is 5.99. The molecule has 2 heterocycles. The molecule has 0 spiro atoms. The molecule has 1 fully saturated rings. The van der Waals surface area contributed by atoms with Gasteiger partial charge in [0, 0.05) is 29.3 Å². The molecule has 0 radical (unpaired) electrons. The Morgan fingerprint density at radius 1 is 1.38 bits per heavy atom. The monoisotopic (exact) mass is 349 g/mol. The van der Waals surface area contributed by atoms with E-state index in [1.165, 1.54) is 0 Å². The van der Waals surface area contributed by atoms with Gasteiger partial charge in [-0.1, -0.05) is 15.9 Å². The van der Waals surface area contributed by atoms with E-state index in [9.17, 15) is 4.79 Å². The zero-order valence-electron chi connectivity index (χ0n) is 11.4. The van der Waals surface area contributed by atoms with Crippen LogP contribution in [-0.4, -0.2) is 38.8 Å². The molecule has 1 unspecified atom stereocenters. The van der Waals surface area contributed by atoms with E-state index in [1.807, 2.05) is 41.3 Å². The predicted molar refractivity (Wildman–Crippen MR) is 82.3 cm³/mol. The molecule has 1 saturated heterocycles. The zero-order valence-corrected chi connectivity index (χ0v) is 13.0. The summed E-state index contributed by atoms with van der Waals surface area (Å²) in [7, 11) is 0. The fraction of sp³-hybridized carbons (Fsp3) is 0.333. The van der Waals surface area contributed by atoms with Gasteiger partial charge in [-0.05, 0) is 37.2 Å². The third kappa shape index (κ3) is 3.33. The Kier molecular flexibility index (Phi) is 4.07. The molecule has 6 heteroatoms. The first kappa shape index (κ1) is 14.3. The van der Waals surface area contributed by atoms with Crippen molar-refractivity contribution in [2.45, 2.75) is 13.0 Å². The highest BCUT2D eigenvalue weighted by molar-refractivity contribution is 9.10. The van der Waals surface area contributed by atoms with Crippen molar-refractivity contribution in [1.82, 2.24) is 14.7 Å². The quantitative estimate of drug-likeness (QED) is 0.921. The smallest absolute Gasteiger partial charge is 0.307 e. The molecule has 1 N–H and O–H groups in total. The normalized spacial score (nSPS) is 19.0. The summed E-state index contributed by atoms with van der Waals surface area (Å²) in [4.78, 5) is 13.1. The Hall–Kier alpha value is -1.66. The number of carbonyl (C=O) groups is 1. The molecule has 3 rings (SSSR count). The van der Waals surface area contributed by atoms with Crippen LogP contribution in [0.5, 0.6) is 0 Å². The highest BCUT2D eigenvalue weighted by Gasteiger charge is 2.27. The van der Waals surface area contributed by atoms with Crippen LogP contribution in [0.3, 0.4) is 0 Å². The first-order chi connectivity index (χ1) is 10.1. The largest absolute Gasteiger partial charge is 0.481 e. The summed E-state index contributed by atoms with van der Waals surface area (Å²) >= 11 is 3.41. The zero-order chi connectivity index (χ0) is 14.8. The summed E-state index contributed by atoms with van der Waals surface area (Å²) in [5, 5.41) is 13.4. The summed E-state index contributed by atoms with van der Waals surface area (Å²) in [6.07, 6.45) is 4.57. The van der Waals surface area contributed by atoms with Crippen LogP contribution in [0.25, 0.3) is 5.69 Å². The average molecular weight is 350 g/mol. The van der Waals surface area contributed by atoms with Gasteiger partial charge in [0.1, 0.15) is 0 Å². The number of likely N-dealkylation sites (tertiary alicyclic amines) is 1. The minimum Gasteiger partial charge on any atom is -0.481 e. The molecule has 0 saturated carbocycles. The van der Waals surface area contributed by atoms with Gasteiger partial charge in [-0.2, -0.15) is 5.10 Å². The molecule has 2 aromatic rings. The van der Waals surface area contributed by atoms with Crippen molar-refractivity contribution in [1.29, 1.82) is 0 Å². The lowest BCUT2D eigenvalue weighted by Crippen LogP contribution is -2.22. The Bertz CT molecular complexity index is 639. The lowest BCUT2D eigenvalue weighted by atomic mass is 10.1. The third-order valence-corrected chi connectivity index (χ3v) is 4.28. The van der Waals surface area contributed by atoms with Gasteiger partial charge in [-0.15, -0.1) is 0 Å². The molecule has 1 aliphatic heterocycles.